The zero-order valence-electron chi connectivity index (χ0n) is 13.4. The summed E-state index contributed by atoms with van der Waals surface area (Å²) in [7, 11) is 0. The molecule has 1 nitrogen and oxygen atoms in total. The third-order valence-corrected chi connectivity index (χ3v) is 6.04. The molecular weight excluding hydrogens is 261 g/mol. The quantitative estimate of drug-likeness (QED) is 0.829. The van der Waals surface area contributed by atoms with Crippen LogP contribution in [0.15, 0.2) is 24.3 Å². The summed E-state index contributed by atoms with van der Waals surface area (Å²) in [6.07, 6.45) is 6.46. The highest BCUT2D eigenvalue weighted by Gasteiger charge is 2.49. The molecule has 21 heavy (non-hydrogen) atoms. The van der Waals surface area contributed by atoms with E-state index in [4.69, 9.17) is 0 Å². The molecule has 3 unspecified atom stereocenters. The second-order valence-corrected chi connectivity index (χ2v) is 7.36. The minimum Gasteiger partial charge on any atom is -0.316 e. The summed E-state index contributed by atoms with van der Waals surface area (Å²) in [6, 6.07) is 7.45. The lowest BCUT2D eigenvalue weighted by Gasteiger charge is -2.54. The van der Waals surface area contributed by atoms with Crippen molar-refractivity contribution in [2.75, 3.05) is 13.1 Å². The van der Waals surface area contributed by atoms with Crippen molar-refractivity contribution in [3.05, 3.63) is 35.6 Å². The maximum absolute atomic E-state index is 14.4. The molecule has 1 saturated heterocycles. The van der Waals surface area contributed by atoms with Gasteiger partial charge in [0.1, 0.15) is 5.82 Å². The van der Waals surface area contributed by atoms with Gasteiger partial charge in [-0.3, -0.25) is 0 Å². The van der Waals surface area contributed by atoms with Crippen LogP contribution in [0.3, 0.4) is 0 Å². The van der Waals surface area contributed by atoms with Gasteiger partial charge in [0.2, 0.25) is 0 Å². The largest absolute Gasteiger partial charge is 0.316 e. The van der Waals surface area contributed by atoms with Gasteiger partial charge in [-0.05, 0) is 54.7 Å². The Hall–Kier alpha value is -0.890. The van der Waals surface area contributed by atoms with E-state index >= 15 is 0 Å². The standard InChI is InChI=1S/C19H28FN/c1-14(2)16-8-5-6-10-19(16)11-12-21-13-17(19)15-7-3-4-9-18(15)20/h3-4,7,9,14,16-17,21H,5-6,8,10-13H2,1-2H3. The summed E-state index contributed by atoms with van der Waals surface area (Å²) in [5.74, 6) is 1.74. The first-order chi connectivity index (χ1) is 10.1. The summed E-state index contributed by atoms with van der Waals surface area (Å²) in [5, 5.41) is 3.52. The van der Waals surface area contributed by atoms with E-state index in [0.29, 0.717) is 17.3 Å². The molecule has 1 aliphatic carbocycles. The number of piperidine rings is 1. The first kappa shape index (κ1) is 15.0. The molecule has 0 bridgehead atoms. The molecule has 2 fully saturated rings. The lowest BCUT2D eigenvalue weighted by Crippen LogP contribution is -2.50. The minimum atomic E-state index is -0.0151. The maximum atomic E-state index is 14.4. The van der Waals surface area contributed by atoms with Crippen molar-refractivity contribution < 1.29 is 4.39 Å². The Morgan fingerprint density at radius 3 is 2.76 bits per heavy atom. The Balaban J connectivity index is 2.02. The van der Waals surface area contributed by atoms with E-state index < -0.39 is 0 Å². The Bertz CT molecular complexity index is 478. The number of hydrogen-bond acceptors (Lipinski definition) is 1. The van der Waals surface area contributed by atoms with E-state index in [9.17, 15) is 4.39 Å². The zero-order valence-corrected chi connectivity index (χ0v) is 13.4. The first-order valence-electron chi connectivity index (χ1n) is 8.60. The molecule has 0 radical (unpaired) electrons. The van der Waals surface area contributed by atoms with Crippen molar-refractivity contribution >= 4 is 0 Å². The fourth-order valence-electron chi connectivity index (χ4n) is 5.15. The van der Waals surface area contributed by atoms with Gasteiger partial charge in [-0.1, -0.05) is 44.9 Å². The zero-order chi connectivity index (χ0) is 14.9. The van der Waals surface area contributed by atoms with Gasteiger partial charge in [-0.2, -0.15) is 0 Å². The van der Waals surface area contributed by atoms with E-state index in [1.807, 2.05) is 18.2 Å². The summed E-state index contributed by atoms with van der Waals surface area (Å²) in [6.45, 7) is 6.74. The summed E-state index contributed by atoms with van der Waals surface area (Å²) < 4.78 is 14.4. The summed E-state index contributed by atoms with van der Waals surface area (Å²) in [4.78, 5) is 0. The van der Waals surface area contributed by atoms with Gasteiger partial charge in [-0.15, -0.1) is 0 Å². The number of benzene rings is 1. The fraction of sp³-hybridized carbons (Fsp3) is 0.684. The molecule has 0 amide bonds. The van der Waals surface area contributed by atoms with Crippen LogP contribution in [0.2, 0.25) is 0 Å². The van der Waals surface area contributed by atoms with Crippen LogP contribution in [0.25, 0.3) is 0 Å². The van der Waals surface area contributed by atoms with Gasteiger partial charge in [0.15, 0.2) is 0 Å². The smallest absolute Gasteiger partial charge is 0.126 e. The molecule has 2 aliphatic rings. The Labute approximate surface area is 128 Å². The van der Waals surface area contributed by atoms with Crippen LogP contribution in [0.4, 0.5) is 4.39 Å². The van der Waals surface area contributed by atoms with Gasteiger partial charge in [0.25, 0.3) is 0 Å². The third-order valence-electron chi connectivity index (χ3n) is 6.04. The van der Waals surface area contributed by atoms with Crippen molar-refractivity contribution in [2.24, 2.45) is 17.3 Å². The molecule has 1 aliphatic heterocycles. The number of halogens is 1. The molecule has 3 atom stereocenters. The maximum Gasteiger partial charge on any atom is 0.126 e. The Morgan fingerprint density at radius 1 is 1.19 bits per heavy atom. The summed E-state index contributed by atoms with van der Waals surface area (Å²) >= 11 is 0. The lowest BCUT2D eigenvalue weighted by atomic mass is 9.53. The summed E-state index contributed by atoms with van der Waals surface area (Å²) in [5.41, 5.74) is 1.25. The molecule has 2 heteroatoms. The molecule has 1 saturated carbocycles. The molecule has 1 N–H and O–H groups in total. The van der Waals surface area contributed by atoms with Gasteiger partial charge >= 0.3 is 0 Å². The SMILES string of the molecule is CC(C)C1CCCCC12CCNCC2c1ccccc1F. The number of hydrogen-bond donors (Lipinski definition) is 1. The van der Waals surface area contributed by atoms with E-state index in [2.05, 4.69) is 19.2 Å². The molecular formula is C19H28FN. The van der Waals surface area contributed by atoms with Gasteiger partial charge < -0.3 is 5.32 Å². The highest BCUT2D eigenvalue weighted by atomic mass is 19.1. The fourth-order valence-corrected chi connectivity index (χ4v) is 5.15. The van der Waals surface area contributed by atoms with Gasteiger partial charge in [-0.25, -0.2) is 4.39 Å². The van der Waals surface area contributed by atoms with Crippen molar-refractivity contribution in [2.45, 2.75) is 51.9 Å². The first-order valence-corrected chi connectivity index (χ1v) is 8.60. The second-order valence-electron chi connectivity index (χ2n) is 7.36. The molecule has 1 aromatic carbocycles. The molecule has 0 aromatic heterocycles. The minimum absolute atomic E-state index is 0.0151. The number of nitrogens with one attached hydrogen (secondary N) is 1. The van der Waals surface area contributed by atoms with Crippen LogP contribution in [0.5, 0.6) is 0 Å². The van der Waals surface area contributed by atoms with E-state index in [0.717, 1.165) is 24.6 Å². The van der Waals surface area contributed by atoms with Crippen molar-refractivity contribution in [1.29, 1.82) is 0 Å². The molecule has 3 rings (SSSR count). The highest BCUT2D eigenvalue weighted by molar-refractivity contribution is 5.26. The predicted molar refractivity (Wildman–Crippen MR) is 85.9 cm³/mol. The second kappa shape index (κ2) is 6.08. The van der Waals surface area contributed by atoms with Crippen molar-refractivity contribution in [1.82, 2.24) is 5.32 Å². The highest BCUT2D eigenvalue weighted by Crippen LogP contribution is 2.56. The molecule has 1 aromatic rings. The van der Waals surface area contributed by atoms with Crippen LogP contribution in [-0.2, 0) is 0 Å². The molecule has 1 spiro atoms. The van der Waals surface area contributed by atoms with Gasteiger partial charge in [0.05, 0.1) is 0 Å². The van der Waals surface area contributed by atoms with Crippen LogP contribution < -0.4 is 5.32 Å². The number of rotatable bonds is 2. The average molecular weight is 289 g/mol. The lowest BCUT2D eigenvalue weighted by molar-refractivity contribution is 0.00420. The Kier molecular flexibility index (Phi) is 4.35. The molecule has 116 valence electrons. The van der Waals surface area contributed by atoms with Crippen molar-refractivity contribution in [3.8, 4) is 0 Å². The third kappa shape index (κ3) is 2.63. The van der Waals surface area contributed by atoms with Crippen LogP contribution in [-0.4, -0.2) is 13.1 Å². The topological polar surface area (TPSA) is 12.0 Å². The normalized spacial score (nSPS) is 33.5. The van der Waals surface area contributed by atoms with Crippen molar-refractivity contribution in [3.63, 3.8) is 0 Å². The van der Waals surface area contributed by atoms with E-state index in [1.54, 1.807) is 6.07 Å². The molecule has 1 heterocycles. The van der Waals surface area contributed by atoms with Crippen LogP contribution in [0, 0.1) is 23.1 Å². The predicted octanol–water partition coefficient (Wildman–Crippen LogP) is 4.74. The Morgan fingerprint density at radius 2 is 2.00 bits per heavy atom. The van der Waals surface area contributed by atoms with E-state index in [1.165, 1.54) is 32.1 Å². The van der Waals surface area contributed by atoms with E-state index in [-0.39, 0.29) is 5.82 Å². The van der Waals surface area contributed by atoms with Crippen LogP contribution >= 0.6 is 0 Å². The monoisotopic (exact) mass is 289 g/mol. The van der Waals surface area contributed by atoms with Crippen LogP contribution in [0.1, 0.15) is 57.4 Å². The average Bonchev–Trinajstić information content (AvgIpc) is 2.49. The van der Waals surface area contributed by atoms with Gasteiger partial charge in [0, 0.05) is 12.5 Å².